The second kappa shape index (κ2) is 5.12. The number of aryl methyl sites for hydroxylation is 3. The Labute approximate surface area is 107 Å². The van der Waals surface area contributed by atoms with Crippen molar-refractivity contribution >= 4 is 5.69 Å². The largest absolute Gasteiger partial charge is 0.437 e. The van der Waals surface area contributed by atoms with Crippen LogP contribution in [0.2, 0.25) is 0 Å². The number of nitrogens with zero attached hydrogens (tertiary/aromatic N) is 2. The third kappa shape index (κ3) is 2.47. The third-order valence-electron chi connectivity index (χ3n) is 2.80. The first-order valence-corrected chi connectivity index (χ1v) is 6.17. The minimum atomic E-state index is 0.615. The summed E-state index contributed by atoms with van der Waals surface area (Å²) in [6.45, 7) is 4.14. The number of hydrogen-bond acceptors (Lipinski definition) is 3. The number of nitrogen functional groups attached to an aromatic ring is 1. The standard InChI is InChI=1S/C14H19N3O/c1-4-6-12-13(15)14(17(3)16-12)18-11-8-5-7-10(2)9-11/h5,7-9H,4,6,15H2,1-3H3. The lowest BCUT2D eigenvalue weighted by atomic mass is 10.2. The van der Waals surface area contributed by atoms with Gasteiger partial charge in [0.05, 0.1) is 5.69 Å². The Kier molecular flexibility index (Phi) is 3.55. The SMILES string of the molecule is CCCc1nn(C)c(Oc2cccc(C)c2)c1N. The van der Waals surface area contributed by atoms with E-state index >= 15 is 0 Å². The molecule has 4 heteroatoms. The topological polar surface area (TPSA) is 53.1 Å². The minimum absolute atomic E-state index is 0.615. The molecular weight excluding hydrogens is 226 g/mol. The van der Waals surface area contributed by atoms with E-state index in [1.807, 2.05) is 38.2 Å². The first-order valence-electron chi connectivity index (χ1n) is 6.17. The van der Waals surface area contributed by atoms with E-state index < -0.39 is 0 Å². The highest BCUT2D eigenvalue weighted by molar-refractivity contribution is 5.54. The summed E-state index contributed by atoms with van der Waals surface area (Å²) in [7, 11) is 1.85. The van der Waals surface area contributed by atoms with Crippen molar-refractivity contribution in [3.63, 3.8) is 0 Å². The van der Waals surface area contributed by atoms with Gasteiger partial charge in [-0.1, -0.05) is 25.5 Å². The van der Waals surface area contributed by atoms with Crippen LogP contribution in [0, 0.1) is 6.92 Å². The molecule has 1 aromatic carbocycles. The fourth-order valence-electron chi connectivity index (χ4n) is 1.91. The number of aromatic nitrogens is 2. The number of rotatable bonds is 4. The molecule has 2 rings (SSSR count). The monoisotopic (exact) mass is 245 g/mol. The van der Waals surface area contributed by atoms with Gasteiger partial charge in [0.1, 0.15) is 11.4 Å². The Morgan fingerprint density at radius 2 is 2.17 bits per heavy atom. The maximum Gasteiger partial charge on any atom is 0.241 e. The molecule has 0 aliphatic rings. The molecule has 0 spiro atoms. The highest BCUT2D eigenvalue weighted by atomic mass is 16.5. The number of ether oxygens (including phenoxy) is 1. The van der Waals surface area contributed by atoms with E-state index in [0.29, 0.717) is 11.6 Å². The Balaban J connectivity index is 2.29. The molecule has 0 fully saturated rings. The summed E-state index contributed by atoms with van der Waals surface area (Å²) >= 11 is 0. The summed E-state index contributed by atoms with van der Waals surface area (Å²) in [6.07, 6.45) is 1.89. The third-order valence-corrected chi connectivity index (χ3v) is 2.80. The molecule has 0 aliphatic heterocycles. The molecule has 0 aliphatic carbocycles. The van der Waals surface area contributed by atoms with Gasteiger partial charge in [0.15, 0.2) is 0 Å². The number of benzene rings is 1. The smallest absolute Gasteiger partial charge is 0.241 e. The van der Waals surface area contributed by atoms with Gasteiger partial charge in [-0.05, 0) is 31.0 Å². The quantitative estimate of drug-likeness (QED) is 0.900. The first kappa shape index (κ1) is 12.5. The molecule has 0 saturated heterocycles. The number of nitrogens with two attached hydrogens (primary N) is 1. The normalized spacial score (nSPS) is 10.6. The summed E-state index contributed by atoms with van der Waals surface area (Å²) < 4.78 is 7.52. The average Bonchev–Trinajstić information content (AvgIpc) is 2.58. The van der Waals surface area contributed by atoms with Crippen molar-refractivity contribution in [2.45, 2.75) is 26.7 Å². The van der Waals surface area contributed by atoms with Crippen LogP contribution in [0.15, 0.2) is 24.3 Å². The van der Waals surface area contributed by atoms with Crippen LogP contribution < -0.4 is 10.5 Å². The van der Waals surface area contributed by atoms with E-state index in [1.54, 1.807) is 4.68 Å². The maximum absolute atomic E-state index is 6.07. The molecule has 0 saturated carbocycles. The lowest BCUT2D eigenvalue weighted by Gasteiger charge is -2.07. The fourth-order valence-corrected chi connectivity index (χ4v) is 1.91. The van der Waals surface area contributed by atoms with Gasteiger partial charge >= 0.3 is 0 Å². The van der Waals surface area contributed by atoms with Crippen LogP contribution in [-0.4, -0.2) is 9.78 Å². The molecule has 1 heterocycles. The summed E-state index contributed by atoms with van der Waals surface area (Å²) in [4.78, 5) is 0. The van der Waals surface area contributed by atoms with E-state index in [-0.39, 0.29) is 0 Å². The zero-order valence-electron chi connectivity index (χ0n) is 11.1. The fraction of sp³-hybridized carbons (Fsp3) is 0.357. The van der Waals surface area contributed by atoms with Crippen LogP contribution in [0.4, 0.5) is 5.69 Å². The molecule has 2 aromatic rings. The average molecular weight is 245 g/mol. The summed E-state index contributed by atoms with van der Waals surface area (Å²) in [5.74, 6) is 1.40. The molecule has 0 amide bonds. The van der Waals surface area contributed by atoms with Crippen LogP contribution in [0.5, 0.6) is 11.6 Å². The van der Waals surface area contributed by atoms with Crippen LogP contribution in [0.1, 0.15) is 24.6 Å². The maximum atomic E-state index is 6.07. The van der Waals surface area contributed by atoms with Crippen LogP contribution >= 0.6 is 0 Å². The zero-order valence-corrected chi connectivity index (χ0v) is 11.1. The van der Waals surface area contributed by atoms with E-state index in [4.69, 9.17) is 10.5 Å². The lowest BCUT2D eigenvalue weighted by Crippen LogP contribution is -1.97. The second-order valence-electron chi connectivity index (χ2n) is 4.46. The minimum Gasteiger partial charge on any atom is -0.437 e. The van der Waals surface area contributed by atoms with Gasteiger partial charge in [0.2, 0.25) is 5.88 Å². The van der Waals surface area contributed by atoms with Crippen molar-refractivity contribution in [2.24, 2.45) is 7.05 Å². The predicted molar refractivity (Wildman–Crippen MR) is 72.9 cm³/mol. The van der Waals surface area contributed by atoms with Crippen molar-refractivity contribution in [1.82, 2.24) is 9.78 Å². The molecule has 0 bridgehead atoms. The van der Waals surface area contributed by atoms with Crippen molar-refractivity contribution < 1.29 is 4.74 Å². The zero-order chi connectivity index (χ0) is 13.1. The predicted octanol–water partition coefficient (Wildman–Crippen LogP) is 3.06. The first-order chi connectivity index (χ1) is 8.61. The summed E-state index contributed by atoms with van der Waals surface area (Å²) in [5.41, 5.74) is 8.77. The number of anilines is 1. The van der Waals surface area contributed by atoms with Gasteiger partial charge in [-0.15, -0.1) is 0 Å². The van der Waals surface area contributed by atoms with Crippen LogP contribution in [-0.2, 0) is 13.5 Å². The van der Waals surface area contributed by atoms with Crippen LogP contribution in [0.25, 0.3) is 0 Å². The van der Waals surface area contributed by atoms with Gasteiger partial charge in [-0.3, -0.25) is 0 Å². The highest BCUT2D eigenvalue weighted by Gasteiger charge is 2.14. The number of hydrogen-bond donors (Lipinski definition) is 1. The van der Waals surface area contributed by atoms with Crippen molar-refractivity contribution in [3.8, 4) is 11.6 Å². The lowest BCUT2D eigenvalue weighted by molar-refractivity contribution is 0.432. The Morgan fingerprint density at radius 3 is 2.83 bits per heavy atom. The van der Waals surface area contributed by atoms with Crippen LogP contribution in [0.3, 0.4) is 0 Å². The molecule has 4 nitrogen and oxygen atoms in total. The highest BCUT2D eigenvalue weighted by Crippen LogP contribution is 2.30. The molecule has 1 aromatic heterocycles. The van der Waals surface area contributed by atoms with Gasteiger partial charge in [0.25, 0.3) is 0 Å². The van der Waals surface area contributed by atoms with Crippen molar-refractivity contribution in [3.05, 3.63) is 35.5 Å². The van der Waals surface area contributed by atoms with E-state index in [2.05, 4.69) is 12.0 Å². The summed E-state index contributed by atoms with van der Waals surface area (Å²) in [6, 6.07) is 7.89. The Hall–Kier alpha value is -1.97. The van der Waals surface area contributed by atoms with Gasteiger partial charge in [-0.2, -0.15) is 5.10 Å². The van der Waals surface area contributed by atoms with Gasteiger partial charge < -0.3 is 10.5 Å². The van der Waals surface area contributed by atoms with E-state index in [1.165, 1.54) is 0 Å². The van der Waals surface area contributed by atoms with E-state index in [9.17, 15) is 0 Å². The van der Waals surface area contributed by atoms with E-state index in [0.717, 1.165) is 29.8 Å². The second-order valence-corrected chi connectivity index (χ2v) is 4.46. The molecule has 96 valence electrons. The molecule has 0 atom stereocenters. The Bertz CT molecular complexity index is 546. The molecular formula is C14H19N3O. The van der Waals surface area contributed by atoms with Gasteiger partial charge in [0, 0.05) is 7.05 Å². The van der Waals surface area contributed by atoms with Gasteiger partial charge in [-0.25, -0.2) is 4.68 Å². The molecule has 18 heavy (non-hydrogen) atoms. The van der Waals surface area contributed by atoms with Crippen molar-refractivity contribution in [2.75, 3.05) is 5.73 Å². The molecule has 2 N–H and O–H groups in total. The Morgan fingerprint density at radius 1 is 1.39 bits per heavy atom. The van der Waals surface area contributed by atoms with Crippen molar-refractivity contribution in [1.29, 1.82) is 0 Å². The molecule has 0 unspecified atom stereocenters. The molecule has 0 radical (unpaired) electrons. The summed E-state index contributed by atoms with van der Waals surface area (Å²) in [5, 5.41) is 4.39.